The third-order valence-corrected chi connectivity index (χ3v) is 3.37. The van der Waals surface area contributed by atoms with Gasteiger partial charge in [0.05, 0.1) is 12.7 Å². The van der Waals surface area contributed by atoms with Gasteiger partial charge in [0.15, 0.2) is 5.79 Å². The fraction of sp³-hybridized carbons (Fsp3) is 0.562. The number of amides is 1. The zero-order valence-corrected chi connectivity index (χ0v) is 12.9. The minimum absolute atomic E-state index is 0.0318. The van der Waals surface area contributed by atoms with E-state index in [2.05, 4.69) is 0 Å². The summed E-state index contributed by atoms with van der Waals surface area (Å²) in [5, 5.41) is 0. The molecule has 21 heavy (non-hydrogen) atoms. The quantitative estimate of drug-likeness (QED) is 0.837. The number of carbonyl (C=O) groups is 1. The lowest BCUT2D eigenvalue weighted by atomic mass is 10.2. The fourth-order valence-corrected chi connectivity index (χ4v) is 2.16. The van der Waals surface area contributed by atoms with Crippen LogP contribution >= 0.6 is 0 Å². The first-order valence-corrected chi connectivity index (χ1v) is 7.20. The first-order valence-electron chi connectivity index (χ1n) is 7.20. The van der Waals surface area contributed by atoms with Crippen LogP contribution in [0.25, 0.3) is 0 Å². The number of nitrogens with zero attached hydrogens (tertiary/aromatic N) is 1. The Morgan fingerprint density at radius 3 is 2.71 bits per heavy atom. The van der Waals surface area contributed by atoms with Crippen LogP contribution < -0.4 is 0 Å². The van der Waals surface area contributed by atoms with Gasteiger partial charge in [-0.25, -0.2) is 4.79 Å². The van der Waals surface area contributed by atoms with Gasteiger partial charge in [-0.3, -0.25) is 0 Å². The first kappa shape index (κ1) is 15.8. The van der Waals surface area contributed by atoms with Crippen molar-refractivity contribution in [3.63, 3.8) is 0 Å². The topological polar surface area (TPSA) is 48.0 Å². The molecule has 1 saturated heterocycles. The highest BCUT2D eigenvalue weighted by Crippen LogP contribution is 2.24. The summed E-state index contributed by atoms with van der Waals surface area (Å²) in [7, 11) is 1.73. The zero-order chi connectivity index (χ0) is 15.3. The van der Waals surface area contributed by atoms with Gasteiger partial charge in [-0.15, -0.1) is 0 Å². The van der Waals surface area contributed by atoms with E-state index in [-0.39, 0.29) is 12.2 Å². The van der Waals surface area contributed by atoms with E-state index in [1.165, 1.54) is 0 Å². The number of carbonyl (C=O) groups excluding carboxylic acids is 1. The normalized spacial score (nSPS) is 20.2. The maximum Gasteiger partial charge on any atom is 0.409 e. The predicted octanol–water partition coefficient (Wildman–Crippen LogP) is 2.80. The molecule has 1 fully saturated rings. The first-order chi connectivity index (χ1) is 9.96. The molecular formula is C16H23NO4. The Balaban J connectivity index is 1.68. The van der Waals surface area contributed by atoms with Crippen LogP contribution in [0.4, 0.5) is 4.79 Å². The summed E-state index contributed by atoms with van der Waals surface area (Å²) in [5.74, 6) is -0.517. The molecule has 0 N–H and O–H groups in total. The van der Waals surface area contributed by atoms with Gasteiger partial charge in [0.2, 0.25) is 0 Å². The van der Waals surface area contributed by atoms with Crippen molar-refractivity contribution in [2.24, 2.45) is 0 Å². The highest BCUT2D eigenvalue weighted by atomic mass is 16.7. The standard InChI is InChI=1S/C16H23NO4/c1-16(2)20-12-14(21-16)9-10-17(3)15(18)19-11-13-7-5-4-6-8-13/h4-8,14H,9-12H2,1-3H3. The molecule has 5 heteroatoms. The molecule has 1 aliphatic heterocycles. The van der Waals surface area contributed by atoms with Crippen molar-refractivity contribution in [2.75, 3.05) is 20.2 Å². The average Bonchev–Trinajstić information content (AvgIpc) is 2.82. The van der Waals surface area contributed by atoms with E-state index in [1.54, 1.807) is 11.9 Å². The summed E-state index contributed by atoms with van der Waals surface area (Å²) in [4.78, 5) is 13.4. The van der Waals surface area contributed by atoms with Crippen molar-refractivity contribution in [3.8, 4) is 0 Å². The number of benzene rings is 1. The van der Waals surface area contributed by atoms with E-state index in [0.29, 0.717) is 19.8 Å². The number of hydrogen-bond acceptors (Lipinski definition) is 4. The van der Waals surface area contributed by atoms with Gasteiger partial charge in [0, 0.05) is 13.6 Å². The second-order valence-corrected chi connectivity index (χ2v) is 5.70. The molecule has 1 amide bonds. The van der Waals surface area contributed by atoms with Gasteiger partial charge in [0.1, 0.15) is 6.61 Å². The van der Waals surface area contributed by atoms with Gasteiger partial charge in [-0.2, -0.15) is 0 Å². The summed E-state index contributed by atoms with van der Waals surface area (Å²) in [5.41, 5.74) is 0.980. The molecule has 1 aromatic carbocycles. The van der Waals surface area contributed by atoms with Gasteiger partial charge in [-0.1, -0.05) is 30.3 Å². The van der Waals surface area contributed by atoms with Gasteiger partial charge in [0.25, 0.3) is 0 Å². The van der Waals surface area contributed by atoms with Crippen molar-refractivity contribution >= 4 is 6.09 Å². The molecule has 1 heterocycles. The van der Waals surface area contributed by atoms with Crippen LogP contribution in [0.3, 0.4) is 0 Å². The Bertz CT molecular complexity index is 461. The summed E-state index contributed by atoms with van der Waals surface area (Å²) >= 11 is 0. The van der Waals surface area contributed by atoms with Crippen LogP contribution in [0.5, 0.6) is 0 Å². The van der Waals surface area contributed by atoms with E-state index in [9.17, 15) is 4.79 Å². The number of hydrogen-bond donors (Lipinski definition) is 0. The van der Waals surface area contributed by atoms with E-state index < -0.39 is 5.79 Å². The molecule has 1 aliphatic rings. The monoisotopic (exact) mass is 293 g/mol. The Morgan fingerprint density at radius 1 is 1.38 bits per heavy atom. The number of ether oxygens (including phenoxy) is 3. The lowest BCUT2D eigenvalue weighted by molar-refractivity contribution is -0.139. The van der Waals surface area contributed by atoms with Crippen LogP contribution in [0.15, 0.2) is 30.3 Å². The van der Waals surface area contributed by atoms with Crippen LogP contribution in [-0.2, 0) is 20.8 Å². The Morgan fingerprint density at radius 2 is 2.10 bits per heavy atom. The summed E-state index contributed by atoms with van der Waals surface area (Å²) in [6.45, 7) is 5.23. The van der Waals surface area contributed by atoms with E-state index in [0.717, 1.165) is 12.0 Å². The summed E-state index contributed by atoms with van der Waals surface area (Å²) < 4.78 is 16.5. The molecular weight excluding hydrogens is 270 g/mol. The third kappa shape index (κ3) is 5.02. The van der Waals surface area contributed by atoms with Crippen molar-refractivity contribution in [1.29, 1.82) is 0 Å². The SMILES string of the molecule is CN(CCC1COC(C)(C)O1)C(=O)OCc1ccccc1. The molecule has 0 spiro atoms. The van der Waals surface area contributed by atoms with Crippen LogP contribution in [0.1, 0.15) is 25.8 Å². The summed E-state index contributed by atoms with van der Waals surface area (Å²) in [6, 6.07) is 9.64. The molecule has 1 atom stereocenters. The molecule has 0 aromatic heterocycles. The molecule has 1 aromatic rings. The van der Waals surface area contributed by atoms with Crippen molar-refractivity contribution in [2.45, 2.75) is 38.8 Å². The molecule has 0 radical (unpaired) electrons. The molecule has 0 bridgehead atoms. The second-order valence-electron chi connectivity index (χ2n) is 5.70. The van der Waals surface area contributed by atoms with Crippen molar-refractivity contribution in [1.82, 2.24) is 4.90 Å². The Hall–Kier alpha value is -1.59. The molecule has 0 saturated carbocycles. The molecule has 0 aliphatic carbocycles. The maximum absolute atomic E-state index is 11.9. The van der Waals surface area contributed by atoms with E-state index >= 15 is 0 Å². The van der Waals surface area contributed by atoms with E-state index in [4.69, 9.17) is 14.2 Å². The molecule has 2 rings (SSSR count). The van der Waals surface area contributed by atoms with Crippen LogP contribution in [0, 0.1) is 0 Å². The average molecular weight is 293 g/mol. The lowest BCUT2D eigenvalue weighted by Crippen LogP contribution is -2.31. The Kier molecular flexibility index (Phi) is 5.20. The lowest BCUT2D eigenvalue weighted by Gasteiger charge is -2.20. The Labute approximate surface area is 125 Å². The van der Waals surface area contributed by atoms with Gasteiger partial charge >= 0.3 is 6.09 Å². The largest absolute Gasteiger partial charge is 0.445 e. The molecule has 1 unspecified atom stereocenters. The molecule has 116 valence electrons. The highest BCUT2D eigenvalue weighted by molar-refractivity contribution is 5.67. The maximum atomic E-state index is 11.9. The summed E-state index contributed by atoms with van der Waals surface area (Å²) in [6.07, 6.45) is 0.446. The van der Waals surface area contributed by atoms with E-state index in [1.807, 2.05) is 44.2 Å². The fourth-order valence-electron chi connectivity index (χ4n) is 2.16. The smallest absolute Gasteiger partial charge is 0.409 e. The third-order valence-electron chi connectivity index (χ3n) is 3.37. The van der Waals surface area contributed by atoms with Gasteiger partial charge < -0.3 is 19.1 Å². The van der Waals surface area contributed by atoms with Crippen LogP contribution in [0.2, 0.25) is 0 Å². The number of rotatable bonds is 5. The minimum Gasteiger partial charge on any atom is -0.445 e. The van der Waals surface area contributed by atoms with Gasteiger partial charge in [-0.05, 0) is 25.8 Å². The predicted molar refractivity (Wildman–Crippen MR) is 78.8 cm³/mol. The second kappa shape index (κ2) is 6.91. The highest BCUT2D eigenvalue weighted by Gasteiger charge is 2.32. The molecule has 5 nitrogen and oxygen atoms in total. The van der Waals surface area contributed by atoms with Crippen molar-refractivity contribution < 1.29 is 19.0 Å². The minimum atomic E-state index is -0.517. The zero-order valence-electron chi connectivity index (χ0n) is 12.9. The van der Waals surface area contributed by atoms with Crippen molar-refractivity contribution in [3.05, 3.63) is 35.9 Å². The van der Waals surface area contributed by atoms with Crippen LogP contribution in [-0.4, -0.2) is 43.1 Å².